The van der Waals surface area contributed by atoms with Crippen molar-refractivity contribution in [2.75, 3.05) is 0 Å². The van der Waals surface area contributed by atoms with Gasteiger partial charge in [0.25, 0.3) is 0 Å². The lowest BCUT2D eigenvalue weighted by Gasteiger charge is -2.38. The van der Waals surface area contributed by atoms with Gasteiger partial charge in [0.15, 0.2) is 0 Å². The van der Waals surface area contributed by atoms with Crippen LogP contribution in [0.2, 0.25) is 0 Å². The molecule has 5 unspecified atom stereocenters. The molecule has 0 bridgehead atoms. The minimum absolute atomic E-state index is 0.0425. The molecule has 10 nitrogen and oxygen atoms in total. The van der Waals surface area contributed by atoms with Gasteiger partial charge >= 0.3 is 5.97 Å². The molecule has 5 atom stereocenters. The molecule has 0 radical (unpaired) electrons. The Morgan fingerprint density at radius 2 is 1.96 bits per heavy atom. The minimum Gasteiger partial charge on any atom is -0.481 e. The maximum Gasteiger partial charge on any atom is 0.309 e. The number of nitrogens with zero attached hydrogens (tertiary/aromatic N) is 2. The van der Waals surface area contributed by atoms with Crippen molar-refractivity contribution in [3.63, 3.8) is 0 Å². The van der Waals surface area contributed by atoms with E-state index < -0.39 is 42.0 Å². The van der Waals surface area contributed by atoms with E-state index in [9.17, 15) is 24.7 Å². The van der Waals surface area contributed by atoms with Crippen molar-refractivity contribution in [2.24, 2.45) is 28.8 Å². The third kappa shape index (κ3) is 4.44. The molecule has 6 N–H and O–H groups in total. The van der Waals surface area contributed by atoms with Crippen LogP contribution in [0.4, 0.5) is 0 Å². The van der Waals surface area contributed by atoms with Gasteiger partial charge in [0, 0.05) is 18.9 Å². The summed E-state index contributed by atoms with van der Waals surface area (Å²) in [5.74, 6) is -4.13. The molecule has 0 saturated heterocycles. The molecule has 1 fully saturated rings. The highest BCUT2D eigenvalue weighted by atomic mass is 16.4. The van der Waals surface area contributed by atoms with Crippen molar-refractivity contribution in [1.29, 1.82) is 5.41 Å². The van der Waals surface area contributed by atoms with E-state index in [1.54, 1.807) is 0 Å². The molecular formula is C15H27N5O5. The molecule has 1 aliphatic carbocycles. The molecular weight excluding hydrogens is 330 g/mol. The van der Waals surface area contributed by atoms with Crippen LogP contribution in [0.1, 0.15) is 40.0 Å². The summed E-state index contributed by atoms with van der Waals surface area (Å²) in [7, 11) is 0. The third-order valence-corrected chi connectivity index (χ3v) is 5.05. The number of carboxylic acid groups (broad SMARTS) is 1. The zero-order valence-corrected chi connectivity index (χ0v) is 14.7. The number of aliphatic carboxylic acids is 1. The maximum atomic E-state index is 11.7. The Morgan fingerprint density at radius 1 is 1.40 bits per heavy atom. The van der Waals surface area contributed by atoms with Crippen molar-refractivity contribution >= 4 is 17.8 Å². The average Bonchev–Trinajstić information content (AvgIpc) is 2.84. The highest BCUT2D eigenvalue weighted by Gasteiger charge is 2.53. The molecule has 1 saturated carbocycles. The summed E-state index contributed by atoms with van der Waals surface area (Å²) in [5, 5.41) is 33.7. The summed E-state index contributed by atoms with van der Waals surface area (Å²) in [5.41, 5.74) is 5.40. The molecule has 0 aromatic heterocycles. The summed E-state index contributed by atoms with van der Waals surface area (Å²) in [6.07, 6.45) is -0.0283. The van der Waals surface area contributed by atoms with Gasteiger partial charge in [-0.3, -0.25) is 15.0 Å². The zero-order valence-electron chi connectivity index (χ0n) is 14.7. The number of hydrogen-bond donors (Lipinski definition) is 5. The lowest BCUT2D eigenvalue weighted by atomic mass is 9.80. The van der Waals surface area contributed by atoms with Gasteiger partial charge in [-0.2, -0.15) is 5.01 Å². The smallest absolute Gasteiger partial charge is 0.309 e. The first-order chi connectivity index (χ1) is 11.7. The number of nitroso groups, excluding NO2 is 1. The van der Waals surface area contributed by atoms with E-state index in [2.05, 4.69) is 10.6 Å². The van der Waals surface area contributed by atoms with Gasteiger partial charge < -0.3 is 21.3 Å². The summed E-state index contributed by atoms with van der Waals surface area (Å²) in [4.78, 5) is 34.3. The van der Waals surface area contributed by atoms with Crippen molar-refractivity contribution in [1.82, 2.24) is 10.3 Å². The number of carboxylic acids is 1. The van der Waals surface area contributed by atoms with Crippen LogP contribution in [0.3, 0.4) is 0 Å². The van der Waals surface area contributed by atoms with Gasteiger partial charge in [-0.15, -0.1) is 4.91 Å². The number of carbonyl (C=O) groups excluding carboxylic acids is 1. The van der Waals surface area contributed by atoms with Gasteiger partial charge in [-0.25, -0.2) is 0 Å². The molecule has 0 aromatic rings. The van der Waals surface area contributed by atoms with Crippen LogP contribution >= 0.6 is 0 Å². The first-order valence-corrected chi connectivity index (χ1v) is 8.33. The molecule has 0 aliphatic heterocycles. The Labute approximate surface area is 146 Å². The highest BCUT2D eigenvalue weighted by molar-refractivity contribution is 5.76. The first-order valence-electron chi connectivity index (χ1n) is 8.33. The van der Waals surface area contributed by atoms with Crippen molar-refractivity contribution in [3.05, 3.63) is 4.91 Å². The summed E-state index contributed by atoms with van der Waals surface area (Å²) < 4.78 is 0. The minimum atomic E-state index is -1.30. The second kappa shape index (κ2) is 8.75. The largest absolute Gasteiger partial charge is 0.481 e. The summed E-state index contributed by atoms with van der Waals surface area (Å²) in [6, 6.07) is -1.45. The van der Waals surface area contributed by atoms with Gasteiger partial charge in [-0.05, 0) is 12.3 Å². The lowest BCUT2D eigenvalue weighted by molar-refractivity contribution is -0.145. The van der Waals surface area contributed by atoms with Gasteiger partial charge in [0.05, 0.1) is 23.3 Å². The van der Waals surface area contributed by atoms with E-state index in [1.165, 1.54) is 6.92 Å². The van der Waals surface area contributed by atoms with Crippen molar-refractivity contribution < 1.29 is 19.8 Å². The van der Waals surface area contributed by atoms with E-state index in [1.807, 2.05) is 13.8 Å². The maximum absolute atomic E-state index is 11.7. The van der Waals surface area contributed by atoms with Crippen molar-refractivity contribution in [3.8, 4) is 0 Å². The number of aliphatic hydroxyl groups excluding tert-OH is 1. The van der Waals surface area contributed by atoms with Gasteiger partial charge in [0.1, 0.15) is 0 Å². The summed E-state index contributed by atoms with van der Waals surface area (Å²) >= 11 is 0. The number of guanidine groups is 1. The van der Waals surface area contributed by atoms with Crippen LogP contribution in [-0.2, 0) is 9.59 Å². The number of amides is 1. The van der Waals surface area contributed by atoms with Gasteiger partial charge in [0.2, 0.25) is 11.9 Å². The number of carbonyl (C=O) groups is 2. The fourth-order valence-corrected chi connectivity index (χ4v) is 3.86. The number of hydrogen-bond acceptors (Lipinski definition) is 6. The molecule has 10 heteroatoms. The molecule has 0 heterocycles. The quantitative estimate of drug-likeness (QED) is 0.179. The average molecular weight is 357 g/mol. The second-order valence-corrected chi connectivity index (χ2v) is 6.43. The van der Waals surface area contributed by atoms with Crippen LogP contribution in [-0.4, -0.2) is 51.2 Å². The zero-order chi connectivity index (χ0) is 19.3. The van der Waals surface area contributed by atoms with E-state index in [-0.39, 0.29) is 18.2 Å². The Bertz CT molecular complexity index is 524. The number of nitrogens with two attached hydrogens (primary N) is 1. The van der Waals surface area contributed by atoms with Crippen LogP contribution in [0.25, 0.3) is 0 Å². The summed E-state index contributed by atoms with van der Waals surface area (Å²) in [6.45, 7) is 5.19. The lowest BCUT2D eigenvalue weighted by Crippen LogP contribution is -2.54. The molecule has 1 rings (SSSR count). The van der Waals surface area contributed by atoms with Crippen molar-refractivity contribution in [2.45, 2.75) is 58.2 Å². The Morgan fingerprint density at radius 3 is 2.32 bits per heavy atom. The van der Waals surface area contributed by atoms with E-state index in [4.69, 9.17) is 11.1 Å². The number of nitrogens with one attached hydrogen (secondary N) is 2. The Hall–Kier alpha value is -2.23. The molecule has 1 amide bonds. The first kappa shape index (κ1) is 20.8. The van der Waals surface area contributed by atoms with Crippen LogP contribution in [0.5, 0.6) is 0 Å². The third-order valence-electron chi connectivity index (χ3n) is 5.05. The molecule has 25 heavy (non-hydrogen) atoms. The Balaban J connectivity index is 3.36. The van der Waals surface area contributed by atoms with Crippen LogP contribution in [0.15, 0.2) is 5.29 Å². The fourth-order valence-electron chi connectivity index (χ4n) is 3.86. The van der Waals surface area contributed by atoms with Crippen LogP contribution < -0.4 is 11.1 Å². The molecule has 0 aromatic carbocycles. The molecule has 142 valence electrons. The Kier molecular flexibility index (Phi) is 7.28. The highest BCUT2D eigenvalue weighted by Crippen LogP contribution is 2.40. The van der Waals surface area contributed by atoms with E-state index in [0.717, 1.165) is 0 Å². The monoisotopic (exact) mass is 357 g/mol. The second-order valence-electron chi connectivity index (χ2n) is 6.43. The number of aliphatic hydroxyl groups is 1. The van der Waals surface area contributed by atoms with Crippen LogP contribution in [0, 0.1) is 28.1 Å². The van der Waals surface area contributed by atoms with E-state index in [0.29, 0.717) is 17.9 Å². The van der Waals surface area contributed by atoms with E-state index >= 15 is 0 Å². The standard InChI is InChI=1S/C15H27N5O5/c1-4-8(5-2)12(18-7(3)21)11-10(20(19-25)15(16)17)6-9(13(11)22)14(23)24/h8-13,22H,4-6H2,1-3H3,(H3,16,17)(H,18,21)(H,23,24). The van der Waals surface area contributed by atoms with Gasteiger partial charge in [-0.1, -0.05) is 26.7 Å². The fraction of sp³-hybridized carbons (Fsp3) is 0.800. The SMILES string of the molecule is CCC(CC)C(NC(C)=O)C1C(O)C(C(=O)O)CC1N(N=O)C(=N)N. The number of rotatable bonds is 8. The molecule has 0 spiro atoms. The topological polar surface area (TPSA) is 169 Å². The predicted octanol–water partition coefficient (Wildman–Crippen LogP) is 0.254. The normalized spacial score (nSPS) is 26.9. The predicted molar refractivity (Wildman–Crippen MR) is 90.3 cm³/mol. The molecule has 1 aliphatic rings.